The maximum atomic E-state index is 11.7. The highest BCUT2D eigenvalue weighted by Gasteiger charge is 2.18. The van der Waals surface area contributed by atoms with E-state index in [0.717, 1.165) is 25.7 Å². The van der Waals surface area contributed by atoms with Gasteiger partial charge in [0, 0.05) is 0 Å². The van der Waals surface area contributed by atoms with Crippen LogP contribution in [0.5, 0.6) is 0 Å². The van der Waals surface area contributed by atoms with E-state index in [1.165, 1.54) is 0 Å². The van der Waals surface area contributed by atoms with Crippen LogP contribution in [0.25, 0.3) is 0 Å². The van der Waals surface area contributed by atoms with Crippen LogP contribution in [-0.4, -0.2) is 12.1 Å². The van der Waals surface area contributed by atoms with Crippen LogP contribution in [0, 0.1) is 6.42 Å². The van der Waals surface area contributed by atoms with E-state index in [4.69, 9.17) is 4.74 Å². The summed E-state index contributed by atoms with van der Waals surface area (Å²) in [6.45, 7) is 0. The van der Waals surface area contributed by atoms with Crippen molar-refractivity contribution < 1.29 is 9.53 Å². The molecule has 1 aliphatic rings. The summed E-state index contributed by atoms with van der Waals surface area (Å²) in [6.07, 6.45) is 6.47. The molecule has 1 fully saturated rings. The normalized spacial score (nSPS) is 17.3. The Morgan fingerprint density at radius 3 is 2.73 bits per heavy atom. The van der Waals surface area contributed by atoms with Crippen molar-refractivity contribution in [2.75, 3.05) is 0 Å². The maximum Gasteiger partial charge on any atom is 0.338 e. The lowest BCUT2D eigenvalue weighted by Gasteiger charge is -2.21. The van der Waals surface area contributed by atoms with E-state index < -0.39 is 0 Å². The molecule has 2 rings (SSSR count). The zero-order valence-corrected chi connectivity index (χ0v) is 8.69. The second-order valence-corrected chi connectivity index (χ2v) is 3.85. The Morgan fingerprint density at radius 2 is 2.07 bits per heavy atom. The van der Waals surface area contributed by atoms with Crippen LogP contribution in [0.15, 0.2) is 30.3 Å². The fourth-order valence-electron chi connectivity index (χ4n) is 1.81. The van der Waals surface area contributed by atoms with Gasteiger partial charge in [-0.25, -0.2) is 4.79 Å². The zero-order chi connectivity index (χ0) is 10.5. The molecule has 0 heterocycles. The molecule has 2 heteroatoms. The van der Waals surface area contributed by atoms with Crippen molar-refractivity contribution in [3.8, 4) is 0 Å². The number of rotatable bonds is 2. The number of hydrogen-bond acceptors (Lipinski definition) is 2. The Morgan fingerprint density at radius 1 is 1.27 bits per heavy atom. The molecule has 0 N–H and O–H groups in total. The summed E-state index contributed by atoms with van der Waals surface area (Å²) in [5, 5.41) is 0. The maximum absolute atomic E-state index is 11.7. The van der Waals surface area contributed by atoms with E-state index >= 15 is 0 Å². The molecule has 1 aliphatic carbocycles. The Labute approximate surface area is 90.3 Å². The van der Waals surface area contributed by atoms with Crippen LogP contribution in [0.3, 0.4) is 0 Å². The molecule has 1 radical (unpaired) electrons. The van der Waals surface area contributed by atoms with Gasteiger partial charge in [0.1, 0.15) is 6.10 Å². The molecule has 79 valence electrons. The molecule has 0 spiro atoms. The van der Waals surface area contributed by atoms with Gasteiger partial charge in [-0.1, -0.05) is 18.2 Å². The minimum Gasteiger partial charge on any atom is -0.459 e. The third kappa shape index (κ3) is 2.82. The molecule has 2 nitrogen and oxygen atoms in total. The smallest absolute Gasteiger partial charge is 0.338 e. The van der Waals surface area contributed by atoms with Gasteiger partial charge in [0.2, 0.25) is 0 Å². The Balaban J connectivity index is 1.91. The van der Waals surface area contributed by atoms with Crippen molar-refractivity contribution in [2.24, 2.45) is 0 Å². The van der Waals surface area contributed by atoms with E-state index in [1.54, 1.807) is 12.1 Å². The first kappa shape index (κ1) is 10.2. The Bertz CT molecular complexity index is 313. The highest BCUT2D eigenvalue weighted by atomic mass is 16.5. The van der Waals surface area contributed by atoms with E-state index in [9.17, 15) is 4.79 Å². The van der Waals surface area contributed by atoms with Crippen molar-refractivity contribution in [3.63, 3.8) is 0 Å². The number of carbonyl (C=O) groups is 1. The molecule has 1 atom stereocenters. The van der Waals surface area contributed by atoms with Crippen LogP contribution in [0.2, 0.25) is 0 Å². The van der Waals surface area contributed by atoms with Gasteiger partial charge in [0.05, 0.1) is 5.56 Å². The topological polar surface area (TPSA) is 26.3 Å². The number of carbonyl (C=O) groups excluding carboxylic acids is 1. The standard InChI is InChI=1S/C13H15O2/c14-13(11-7-3-1-4-8-11)15-12-9-5-2-6-10-12/h1,3-5,7-8,12H,2,6,9-10H2. The fourth-order valence-corrected chi connectivity index (χ4v) is 1.81. The third-order valence-corrected chi connectivity index (χ3v) is 2.65. The molecule has 0 saturated heterocycles. The fraction of sp³-hybridized carbons (Fsp3) is 0.385. The van der Waals surface area contributed by atoms with E-state index in [2.05, 4.69) is 6.42 Å². The average molecular weight is 203 g/mol. The zero-order valence-electron chi connectivity index (χ0n) is 8.69. The highest BCUT2D eigenvalue weighted by Crippen LogP contribution is 2.20. The van der Waals surface area contributed by atoms with Crippen molar-refractivity contribution in [3.05, 3.63) is 42.3 Å². The molecular weight excluding hydrogens is 188 g/mol. The molecule has 0 aliphatic heterocycles. The minimum absolute atomic E-state index is 0.0893. The summed E-state index contributed by atoms with van der Waals surface area (Å²) < 4.78 is 5.41. The lowest BCUT2D eigenvalue weighted by atomic mass is 9.98. The van der Waals surface area contributed by atoms with Gasteiger partial charge in [0.25, 0.3) is 0 Å². The molecule has 1 unspecified atom stereocenters. The largest absolute Gasteiger partial charge is 0.459 e. The summed E-state index contributed by atoms with van der Waals surface area (Å²) >= 11 is 0. The highest BCUT2D eigenvalue weighted by molar-refractivity contribution is 5.89. The molecular formula is C13H15O2. The van der Waals surface area contributed by atoms with Crippen molar-refractivity contribution in [1.29, 1.82) is 0 Å². The number of hydrogen-bond donors (Lipinski definition) is 0. The van der Waals surface area contributed by atoms with Gasteiger partial charge in [-0.3, -0.25) is 0 Å². The molecule has 15 heavy (non-hydrogen) atoms. The summed E-state index contributed by atoms with van der Waals surface area (Å²) in [5.74, 6) is -0.198. The number of ether oxygens (including phenoxy) is 1. The van der Waals surface area contributed by atoms with Crippen molar-refractivity contribution in [1.82, 2.24) is 0 Å². The minimum atomic E-state index is -0.198. The SMILES string of the molecule is O=C(OC1C[CH]CCC1)c1ccccc1. The molecule has 0 bridgehead atoms. The monoisotopic (exact) mass is 203 g/mol. The van der Waals surface area contributed by atoms with E-state index in [1.807, 2.05) is 18.2 Å². The van der Waals surface area contributed by atoms with Gasteiger partial charge in [-0.2, -0.15) is 0 Å². The predicted octanol–water partition coefficient (Wildman–Crippen LogP) is 2.99. The molecule has 1 aromatic rings. The Kier molecular flexibility index (Phi) is 3.38. The van der Waals surface area contributed by atoms with Crippen LogP contribution >= 0.6 is 0 Å². The lowest BCUT2D eigenvalue weighted by Crippen LogP contribution is -2.21. The third-order valence-electron chi connectivity index (χ3n) is 2.65. The quantitative estimate of drug-likeness (QED) is 0.691. The first-order valence-electron chi connectivity index (χ1n) is 5.44. The van der Waals surface area contributed by atoms with E-state index in [0.29, 0.717) is 5.56 Å². The summed E-state index contributed by atoms with van der Waals surface area (Å²) in [7, 11) is 0. The first-order valence-corrected chi connectivity index (χ1v) is 5.44. The first-order chi connectivity index (χ1) is 7.36. The molecule has 0 amide bonds. The summed E-state index contributed by atoms with van der Waals surface area (Å²) in [4.78, 5) is 11.7. The number of esters is 1. The van der Waals surface area contributed by atoms with Gasteiger partial charge >= 0.3 is 5.97 Å². The van der Waals surface area contributed by atoms with Crippen LogP contribution in [-0.2, 0) is 4.74 Å². The van der Waals surface area contributed by atoms with Gasteiger partial charge < -0.3 is 4.74 Å². The molecule has 0 aromatic heterocycles. The van der Waals surface area contributed by atoms with Gasteiger partial charge in [-0.05, 0) is 44.2 Å². The predicted molar refractivity (Wildman–Crippen MR) is 58.4 cm³/mol. The van der Waals surface area contributed by atoms with Crippen LogP contribution in [0.1, 0.15) is 36.0 Å². The van der Waals surface area contributed by atoms with Gasteiger partial charge in [0.15, 0.2) is 0 Å². The average Bonchev–Trinajstić information content (AvgIpc) is 2.31. The van der Waals surface area contributed by atoms with E-state index in [-0.39, 0.29) is 12.1 Å². The lowest BCUT2D eigenvalue weighted by molar-refractivity contribution is 0.0250. The van der Waals surface area contributed by atoms with Gasteiger partial charge in [-0.15, -0.1) is 0 Å². The Hall–Kier alpha value is -1.31. The van der Waals surface area contributed by atoms with Crippen LogP contribution < -0.4 is 0 Å². The second-order valence-electron chi connectivity index (χ2n) is 3.85. The molecule has 1 aromatic carbocycles. The van der Waals surface area contributed by atoms with Crippen molar-refractivity contribution >= 4 is 5.97 Å². The number of benzene rings is 1. The van der Waals surface area contributed by atoms with Crippen LogP contribution in [0.4, 0.5) is 0 Å². The summed E-state index contributed by atoms with van der Waals surface area (Å²) in [5.41, 5.74) is 0.642. The summed E-state index contributed by atoms with van der Waals surface area (Å²) in [6, 6.07) is 9.17. The second kappa shape index (κ2) is 4.96. The molecule has 1 saturated carbocycles. The van der Waals surface area contributed by atoms with Crippen molar-refractivity contribution in [2.45, 2.75) is 31.8 Å².